The summed E-state index contributed by atoms with van der Waals surface area (Å²) in [6.45, 7) is 0. The minimum atomic E-state index is -0.488. The summed E-state index contributed by atoms with van der Waals surface area (Å²) in [6, 6.07) is 7.10. The number of hydrogen-bond donors (Lipinski definition) is 2. The van der Waals surface area contributed by atoms with Gasteiger partial charge in [-0.25, -0.2) is 9.37 Å². The molecule has 84 valence electrons. The van der Waals surface area contributed by atoms with Crippen LogP contribution >= 0.6 is 0 Å². The van der Waals surface area contributed by atoms with Gasteiger partial charge in [-0.1, -0.05) is 6.07 Å². The summed E-state index contributed by atoms with van der Waals surface area (Å²) in [4.78, 5) is 3.78. The smallest absolute Gasteiger partial charge is 0.165 e. The molecule has 0 fully saturated rings. The molecule has 0 unspecified atom stereocenters. The van der Waals surface area contributed by atoms with Crippen LogP contribution < -0.4 is 5.73 Å². The number of benzene rings is 1. The quantitative estimate of drug-likeness (QED) is 0.783. The van der Waals surface area contributed by atoms with E-state index in [0.717, 1.165) is 6.07 Å². The summed E-state index contributed by atoms with van der Waals surface area (Å²) in [7, 11) is 0. The summed E-state index contributed by atoms with van der Waals surface area (Å²) < 4.78 is 13.0. The Morgan fingerprint density at radius 3 is 2.76 bits per heavy atom. The van der Waals surface area contributed by atoms with Crippen molar-refractivity contribution in [1.82, 2.24) is 4.98 Å². The molecule has 4 nitrogen and oxygen atoms in total. The number of rotatable bonds is 1. The third kappa shape index (κ3) is 2.01. The Hall–Kier alpha value is -2.61. The molecule has 1 aromatic heterocycles. The highest BCUT2D eigenvalue weighted by Crippen LogP contribution is 2.28. The second kappa shape index (κ2) is 4.10. The van der Waals surface area contributed by atoms with Gasteiger partial charge >= 0.3 is 0 Å². The van der Waals surface area contributed by atoms with Gasteiger partial charge in [0.25, 0.3) is 0 Å². The lowest BCUT2D eigenvalue weighted by molar-refractivity contribution is 0.476. The molecule has 0 radical (unpaired) electrons. The summed E-state index contributed by atoms with van der Waals surface area (Å²) in [6.07, 6.45) is 1.42. The van der Waals surface area contributed by atoms with Crippen LogP contribution in [-0.4, -0.2) is 10.1 Å². The zero-order valence-corrected chi connectivity index (χ0v) is 8.68. The van der Waals surface area contributed by atoms with E-state index in [1.54, 1.807) is 0 Å². The molecule has 1 aromatic carbocycles. The van der Waals surface area contributed by atoms with E-state index >= 15 is 0 Å². The number of pyridine rings is 1. The largest absolute Gasteiger partial charge is 0.504 e. The molecule has 0 aliphatic heterocycles. The van der Waals surface area contributed by atoms with Gasteiger partial charge in [0, 0.05) is 17.3 Å². The van der Waals surface area contributed by atoms with Crippen molar-refractivity contribution in [3.63, 3.8) is 0 Å². The fourth-order valence-corrected chi connectivity index (χ4v) is 1.47. The van der Waals surface area contributed by atoms with E-state index in [4.69, 9.17) is 11.0 Å². The maximum atomic E-state index is 13.0. The van der Waals surface area contributed by atoms with E-state index in [9.17, 15) is 9.50 Å². The fourth-order valence-electron chi connectivity index (χ4n) is 1.47. The van der Waals surface area contributed by atoms with Gasteiger partial charge in [0.15, 0.2) is 11.6 Å². The van der Waals surface area contributed by atoms with Gasteiger partial charge in [-0.3, -0.25) is 0 Å². The topological polar surface area (TPSA) is 82.9 Å². The van der Waals surface area contributed by atoms with Crippen LogP contribution in [0.4, 0.5) is 10.2 Å². The van der Waals surface area contributed by atoms with Gasteiger partial charge in [0.1, 0.15) is 5.82 Å². The number of nitrogens with two attached hydrogens (primary N) is 1. The average molecular weight is 229 g/mol. The Morgan fingerprint density at radius 2 is 2.12 bits per heavy atom. The molecular weight excluding hydrogens is 221 g/mol. The Balaban J connectivity index is 2.61. The zero-order valence-electron chi connectivity index (χ0n) is 8.68. The van der Waals surface area contributed by atoms with Crippen LogP contribution in [0, 0.1) is 17.1 Å². The first kappa shape index (κ1) is 10.9. The predicted octanol–water partition coefficient (Wildman–Crippen LogP) is 2.05. The lowest BCUT2D eigenvalue weighted by Crippen LogP contribution is -1.92. The van der Waals surface area contributed by atoms with Crippen LogP contribution in [0.5, 0.6) is 5.75 Å². The molecule has 0 amide bonds. The van der Waals surface area contributed by atoms with Gasteiger partial charge in [0.05, 0.1) is 11.6 Å². The van der Waals surface area contributed by atoms with Crippen molar-refractivity contribution in [1.29, 1.82) is 5.26 Å². The van der Waals surface area contributed by atoms with Crippen LogP contribution in [0.1, 0.15) is 5.56 Å². The van der Waals surface area contributed by atoms with Crippen molar-refractivity contribution in [3.05, 3.63) is 41.8 Å². The van der Waals surface area contributed by atoms with Crippen molar-refractivity contribution in [2.75, 3.05) is 5.73 Å². The Morgan fingerprint density at radius 1 is 1.35 bits per heavy atom. The first-order valence-electron chi connectivity index (χ1n) is 4.76. The summed E-state index contributed by atoms with van der Waals surface area (Å²) in [5.41, 5.74) is 6.56. The lowest BCUT2D eigenvalue weighted by Gasteiger charge is -2.05. The predicted molar refractivity (Wildman–Crippen MR) is 60.4 cm³/mol. The summed E-state index contributed by atoms with van der Waals surface area (Å²) in [5, 5.41) is 18.3. The fraction of sp³-hybridized carbons (Fsp3) is 0. The summed E-state index contributed by atoms with van der Waals surface area (Å²) >= 11 is 0. The third-order valence-corrected chi connectivity index (χ3v) is 2.31. The van der Waals surface area contributed by atoms with E-state index in [2.05, 4.69) is 4.98 Å². The van der Waals surface area contributed by atoms with Crippen LogP contribution in [0.15, 0.2) is 30.5 Å². The number of hydrogen-bond acceptors (Lipinski definition) is 4. The molecule has 0 saturated heterocycles. The van der Waals surface area contributed by atoms with Gasteiger partial charge in [-0.15, -0.1) is 0 Å². The van der Waals surface area contributed by atoms with Crippen molar-refractivity contribution < 1.29 is 9.50 Å². The van der Waals surface area contributed by atoms with Crippen LogP contribution in [0.25, 0.3) is 11.1 Å². The van der Waals surface area contributed by atoms with Gasteiger partial charge in [-0.05, 0) is 18.2 Å². The Labute approximate surface area is 96.8 Å². The lowest BCUT2D eigenvalue weighted by atomic mass is 10.0. The maximum Gasteiger partial charge on any atom is 0.165 e. The van der Waals surface area contributed by atoms with Crippen LogP contribution in [0.3, 0.4) is 0 Å². The molecule has 17 heavy (non-hydrogen) atoms. The number of nitrogens with zero attached hydrogens (tertiary/aromatic N) is 2. The zero-order chi connectivity index (χ0) is 12.4. The van der Waals surface area contributed by atoms with E-state index in [0.29, 0.717) is 11.1 Å². The van der Waals surface area contributed by atoms with Crippen molar-refractivity contribution in [2.45, 2.75) is 0 Å². The monoisotopic (exact) mass is 229 g/mol. The number of aromatic hydroxyl groups is 1. The Kier molecular flexibility index (Phi) is 2.63. The second-order valence-electron chi connectivity index (χ2n) is 3.43. The van der Waals surface area contributed by atoms with E-state index in [-0.39, 0.29) is 17.1 Å². The highest BCUT2D eigenvalue weighted by Gasteiger charge is 2.08. The number of anilines is 1. The van der Waals surface area contributed by atoms with Gasteiger partial charge in [0.2, 0.25) is 0 Å². The highest BCUT2D eigenvalue weighted by molar-refractivity contribution is 5.72. The van der Waals surface area contributed by atoms with Gasteiger partial charge < -0.3 is 10.8 Å². The SMILES string of the molecule is N#Cc1cc(F)ccc1-c1cnc(N)c(O)c1. The van der Waals surface area contributed by atoms with E-state index < -0.39 is 5.82 Å². The molecule has 5 heteroatoms. The van der Waals surface area contributed by atoms with Crippen LogP contribution in [-0.2, 0) is 0 Å². The number of nitrogen functional groups attached to an aromatic ring is 1. The molecule has 0 atom stereocenters. The molecule has 0 saturated carbocycles. The maximum absolute atomic E-state index is 13.0. The molecule has 0 spiro atoms. The van der Waals surface area contributed by atoms with Crippen molar-refractivity contribution in [3.8, 4) is 22.9 Å². The molecule has 2 rings (SSSR count). The molecular formula is C12H8FN3O. The van der Waals surface area contributed by atoms with E-state index in [1.807, 2.05) is 6.07 Å². The number of halogens is 1. The molecule has 1 heterocycles. The number of nitriles is 1. The first-order valence-corrected chi connectivity index (χ1v) is 4.76. The van der Waals surface area contributed by atoms with Gasteiger partial charge in [-0.2, -0.15) is 5.26 Å². The second-order valence-corrected chi connectivity index (χ2v) is 3.43. The first-order chi connectivity index (χ1) is 8.11. The van der Waals surface area contributed by atoms with Crippen molar-refractivity contribution in [2.24, 2.45) is 0 Å². The third-order valence-electron chi connectivity index (χ3n) is 2.31. The molecule has 0 bridgehead atoms. The normalized spacial score (nSPS) is 9.88. The molecule has 0 aliphatic rings. The number of aromatic nitrogens is 1. The van der Waals surface area contributed by atoms with E-state index in [1.165, 1.54) is 24.4 Å². The molecule has 2 aromatic rings. The highest BCUT2D eigenvalue weighted by atomic mass is 19.1. The molecule has 3 N–H and O–H groups in total. The molecule has 0 aliphatic carbocycles. The summed E-state index contributed by atoms with van der Waals surface area (Å²) in [5.74, 6) is -0.650. The van der Waals surface area contributed by atoms with Crippen molar-refractivity contribution >= 4 is 5.82 Å². The standard InChI is InChI=1S/C12H8FN3O/c13-9-1-2-10(7(3-9)5-14)8-4-11(17)12(15)16-6-8/h1-4,6,17H,(H2,15,16). The minimum Gasteiger partial charge on any atom is -0.504 e. The average Bonchev–Trinajstić information content (AvgIpc) is 2.32. The minimum absolute atomic E-state index is 0.00868. The Bertz CT molecular complexity index is 620. The van der Waals surface area contributed by atoms with Crippen LogP contribution in [0.2, 0.25) is 0 Å².